The first-order valence-electron chi connectivity index (χ1n) is 5.25. The van der Waals surface area contributed by atoms with E-state index in [1.807, 2.05) is 30.3 Å². The fourth-order valence-electron chi connectivity index (χ4n) is 1.20. The van der Waals surface area contributed by atoms with E-state index in [0.717, 1.165) is 5.56 Å². The number of nitrogens with one attached hydrogen (secondary N) is 2. The van der Waals surface area contributed by atoms with Crippen LogP contribution in [-0.2, 0) is 11.3 Å². The molecule has 0 aliphatic heterocycles. The van der Waals surface area contributed by atoms with E-state index in [1.165, 1.54) is 0 Å². The smallest absolute Gasteiger partial charge is 0.234 e. The first-order valence-corrected chi connectivity index (χ1v) is 5.25. The van der Waals surface area contributed by atoms with Crippen molar-refractivity contribution >= 4 is 5.91 Å². The average Bonchev–Trinajstić information content (AvgIpc) is 2.28. The summed E-state index contributed by atoms with van der Waals surface area (Å²) in [4.78, 5) is 11.3. The highest BCUT2D eigenvalue weighted by molar-refractivity contribution is 5.75. The molecule has 0 heterocycles. The number of hydrogen-bond donors (Lipinski definition) is 4. The lowest BCUT2D eigenvalue weighted by molar-refractivity contribution is -0.122. The van der Waals surface area contributed by atoms with E-state index in [0.29, 0.717) is 19.4 Å². The number of amides is 1. The van der Waals surface area contributed by atoms with Gasteiger partial charge in [0.15, 0.2) is 0 Å². The van der Waals surface area contributed by atoms with E-state index in [4.69, 9.17) is 11.5 Å². The number of benzene rings is 1. The minimum Gasteiger partial charge on any atom is -0.316 e. The molecule has 1 aromatic carbocycles. The fraction of sp³-hybridized carbons (Fsp3) is 0.364. The zero-order valence-corrected chi connectivity index (χ0v) is 9.15. The van der Waals surface area contributed by atoms with Crippen LogP contribution in [0, 0.1) is 0 Å². The Labute approximate surface area is 95.2 Å². The maximum absolute atomic E-state index is 11.3. The molecule has 0 atom stereocenters. The van der Waals surface area contributed by atoms with Crippen molar-refractivity contribution < 1.29 is 4.79 Å². The number of hydrogen-bond acceptors (Lipinski definition) is 4. The zero-order chi connectivity index (χ0) is 11.8. The van der Waals surface area contributed by atoms with Gasteiger partial charge in [0.25, 0.3) is 0 Å². The second kappa shape index (κ2) is 6.95. The zero-order valence-electron chi connectivity index (χ0n) is 9.15. The van der Waals surface area contributed by atoms with Crippen molar-refractivity contribution in [1.29, 1.82) is 0 Å². The summed E-state index contributed by atoms with van der Waals surface area (Å²) in [5.74, 6) is -0.100. The molecule has 6 N–H and O–H groups in total. The molecule has 0 aliphatic carbocycles. The van der Waals surface area contributed by atoms with Crippen LogP contribution in [0.4, 0.5) is 0 Å². The minimum absolute atomic E-state index is 0.100. The maximum atomic E-state index is 11.3. The molecule has 0 radical (unpaired) electrons. The summed E-state index contributed by atoms with van der Waals surface area (Å²) in [5, 5.41) is 0. The second-order valence-corrected chi connectivity index (χ2v) is 3.59. The normalized spacial score (nSPS) is 10.4. The largest absolute Gasteiger partial charge is 0.316 e. The van der Waals surface area contributed by atoms with Crippen LogP contribution in [0.25, 0.3) is 0 Å². The van der Waals surface area contributed by atoms with Crippen LogP contribution in [-0.4, -0.2) is 12.1 Å². The first kappa shape index (κ1) is 12.6. The lowest BCUT2D eigenvalue weighted by Gasteiger charge is -2.08. The maximum Gasteiger partial charge on any atom is 0.234 e. The van der Waals surface area contributed by atoms with Crippen LogP contribution in [0.2, 0.25) is 0 Å². The second-order valence-electron chi connectivity index (χ2n) is 3.59. The van der Waals surface area contributed by atoms with Gasteiger partial charge in [-0.25, -0.2) is 5.43 Å². The Bertz CT molecular complexity index is 313. The highest BCUT2D eigenvalue weighted by Gasteiger charge is 2.02. The van der Waals surface area contributed by atoms with Gasteiger partial charge in [0.05, 0.1) is 6.17 Å². The Morgan fingerprint density at radius 3 is 2.56 bits per heavy atom. The number of carbonyl (C=O) groups is 1. The molecule has 88 valence electrons. The van der Waals surface area contributed by atoms with Crippen molar-refractivity contribution in [3.8, 4) is 0 Å². The molecule has 0 saturated carbocycles. The van der Waals surface area contributed by atoms with E-state index >= 15 is 0 Å². The van der Waals surface area contributed by atoms with E-state index in [-0.39, 0.29) is 5.91 Å². The Morgan fingerprint density at radius 1 is 1.25 bits per heavy atom. The van der Waals surface area contributed by atoms with Crippen LogP contribution < -0.4 is 22.3 Å². The minimum atomic E-state index is -0.431. The highest BCUT2D eigenvalue weighted by Crippen LogP contribution is 1.96. The lowest BCUT2D eigenvalue weighted by atomic mass is 10.2. The lowest BCUT2D eigenvalue weighted by Crippen LogP contribution is -2.38. The molecule has 1 rings (SSSR count). The van der Waals surface area contributed by atoms with Crippen molar-refractivity contribution in [2.24, 2.45) is 11.5 Å². The Hall–Kier alpha value is -1.43. The molecular formula is C11H18N4O. The van der Waals surface area contributed by atoms with Gasteiger partial charge in [-0.05, 0) is 12.0 Å². The SMILES string of the molecule is NC(N)CCC(=O)NNCc1ccccc1. The Kier molecular flexibility index (Phi) is 5.49. The van der Waals surface area contributed by atoms with Gasteiger partial charge in [0.1, 0.15) is 0 Å². The highest BCUT2D eigenvalue weighted by atomic mass is 16.2. The van der Waals surface area contributed by atoms with Gasteiger partial charge in [0.2, 0.25) is 5.91 Å². The van der Waals surface area contributed by atoms with Crippen molar-refractivity contribution in [3.05, 3.63) is 35.9 Å². The molecule has 0 aliphatic rings. The summed E-state index contributed by atoms with van der Waals surface area (Å²) in [6.45, 7) is 0.598. The molecule has 5 nitrogen and oxygen atoms in total. The van der Waals surface area contributed by atoms with E-state index in [1.54, 1.807) is 0 Å². The molecule has 0 aromatic heterocycles. The van der Waals surface area contributed by atoms with Gasteiger partial charge in [-0.15, -0.1) is 0 Å². The van der Waals surface area contributed by atoms with Gasteiger partial charge in [-0.3, -0.25) is 10.2 Å². The van der Waals surface area contributed by atoms with E-state index in [2.05, 4.69) is 10.9 Å². The standard InChI is InChI=1S/C11H18N4O/c12-10(13)6-7-11(16)15-14-8-9-4-2-1-3-5-9/h1-5,10,14H,6-8,12-13H2,(H,15,16). The van der Waals surface area contributed by atoms with E-state index in [9.17, 15) is 4.79 Å². The molecule has 5 heteroatoms. The summed E-state index contributed by atoms with van der Waals surface area (Å²) < 4.78 is 0. The number of nitrogens with two attached hydrogens (primary N) is 2. The van der Waals surface area contributed by atoms with Crippen LogP contribution >= 0.6 is 0 Å². The number of hydrazine groups is 1. The summed E-state index contributed by atoms with van der Waals surface area (Å²) in [6, 6.07) is 9.81. The van der Waals surface area contributed by atoms with Crippen LogP contribution in [0.3, 0.4) is 0 Å². The third-order valence-electron chi connectivity index (χ3n) is 2.07. The molecule has 1 amide bonds. The predicted octanol–water partition coefficient (Wildman–Crippen LogP) is -0.169. The summed E-state index contributed by atoms with van der Waals surface area (Å²) >= 11 is 0. The molecule has 0 spiro atoms. The third kappa shape index (κ3) is 5.45. The van der Waals surface area contributed by atoms with Gasteiger partial charge >= 0.3 is 0 Å². The van der Waals surface area contributed by atoms with Crippen molar-refractivity contribution in [3.63, 3.8) is 0 Å². The molecule has 0 fully saturated rings. The number of rotatable bonds is 6. The number of carbonyl (C=O) groups excluding carboxylic acids is 1. The first-order chi connectivity index (χ1) is 7.68. The van der Waals surface area contributed by atoms with Crippen molar-refractivity contribution in [1.82, 2.24) is 10.9 Å². The van der Waals surface area contributed by atoms with Crippen LogP contribution in [0.1, 0.15) is 18.4 Å². The van der Waals surface area contributed by atoms with Gasteiger partial charge in [-0.1, -0.05) is 30.3 Å². The molecule has 0 saturated heterocycles. The van der Waals surface area contributed by atoms with Crippen LogP contribution in [0.15, 0.2) is 30.3 Å². The summed E-state index contributed by atoms with van der Waals surface area (Å²) in [7, 11) is 0. The fourth-order valence-corrected chi connectivity index (χ4v) is 1.20. The topological polar surface area (TPSA) is 93.2 Å². The third-order valence-corrected chi connectivity index (χ3v) is 2.07. The van der Waals surface area contributed by atoms with Crippen molar-refractivity contribution in [2.45, 2.75) is 25.6 Å². The monoisotopic (exact) mass is 222 g/mol. The predicted molar refractivity (Wildman–Crippen MR) is 62.8 cm³/mol. The summed E-state index contributed by atoms with van der Waals surface area (Å²) in [6.07, 6.45) is 0.387. The molecular weight excluding hydrogens is 204 g/mol. The quantitative estimate of drug-likeness (QED) is 0.397. The Balaban J connectivity index is 2.13. The van der Waals surface area contributed by atoms with Gasteiger partial charge < -0.3 is 11.5 Å². The van der Waals surface area contributed by atoms with E-state index < -0.39 is 6.17 Å². The molecule has 0 bridgehead atoms. The molecule has 16 heavy (non-hydrogen) atoms. The average molecular weight is 222 g/mol. The summed E-state index contributed by atoms with van der Waals surface area (Å²) in [5.41, 5.74) is 17.2. The Morgan fingerprint density at radius 2 is 1.94 bits per heavy atom. The van der Waals surface area contributed by atoms with Gasteiger partial charge in [-0.2, -0.15) is 0 Å². The van der Waals surface area contributed by atoms with Crippen molar-refractivity contribution in [2.75, 3.05) is 0 Å². The molecule has 1 aromatic rings. The molecule has 0 unspecified atom stereocenters. The van der Waals surface area contributed by atoms with Crippen LogP contribution in [0.5, 0.6) is 0 Å². The van der Waals surface area contributed by atoms with Gasteiger partial charge in [0, 0.05) is 13.0 Å².